The summed E-state index contributed by atoms with van der Waals surface area (Å²) in [4.78, 5) is 10.7. The molecule has 0 fully saturated rings. The van der Waals surface area contributed by atoms with Crippen molar-refractivity contribution in [1.29, 1.82) is 0 Å². The van der Waals surface area contributed by atoms with Gasteiger partial charge in [0.25, 0.3) is 0 Å². The Morgan fingerprint density at radius 2 is 1.84 bits per heavy atom. The van der Waals surface area contributed by atoms with E-state index in [-0.39, 0.29) is 18.5 Å². The highest BCUT2D eigenvalue weighted by molar-refractivity contribution is 5.86. The van der Waals surface area contributed by atoms with Gasteiger partial charge in [-0.1, -0.05) is 42.5 Å². The zero-order valence-electron chi connectivity index (χ0n) is 11.3. The Hall–Kier alpha value is -1.87. The van der Waals surface area contributed by atoms with Gasteiger partial charge in [-0.05, 0) is 30.2 Å². The summed E-state index contributed by atoms with van der Waals surface area (Å²) in [6.45, 7) is 3.97. The Labute approximate surface area is 113 Å². The minimum Gasteiger partial charge on any atom is -0.481 e. The summed E-state index contributed by atoms with van der Waals surface area (Å²) >= 11 is 0. The number of benzene rings is 2. The first-order valence-corrected chi connectivity index (χ1v) is 6.53. The predicted molar refractivity (Wildman–Crippen MR) is 77.2 cm³/mol. The van der Waals surface area contributed by atoms with Crippen molar-refractivity contribution < 1.29 is 9.90 Å². The number of nitrogens with one attached hydrogen (secondary N) is 1. The van der Waals surface area contributed by atoms with Crippen LogP contribution in [0.15, 0.2) is 42.5 Å². The zero-order valence-corrected chi connectivity index (χ0v) is 11.3. The molecule has 2 aromatic carbocycles. The number of carboxylic acids is 1. The fourth-order valence-electron chi connectivity index (χ4n) is 2.47. The summed E-state index contributed by atoms with van der Waals surface area (Å²) in [5.74, 6) is -0.773. The van der Waals surface area contributed by atoms with E-state index in [1.54, 1.807) is 0 Å². The lowest BCUT2D eigenvalue weighted by molar-refractivity contribution is -0.137. The lowest BCUT2D eigenvalue weighted by atomic mass is 9.99. The first-order valence-electron chi connectivity index (χ1n) is 6.53. The molecule has 0 aromatic heterocycles. The molecule has 0 aliphatic carbocycles. The molecule has 19 heavy (non-hydrogen) atoms. The van der Waals surface area contributed by atoms with Crippen molar-refractivity contribution in [3.63, 3.8) is 0 Å². The van der Waals surface area contributed by atoms with E-state index in [2.05, 4.69) is 36.5 Å². The van der Waals surface area contributed by atoms with Gasteiger partial charge in [0.05, 0.1) is 6.42 Å². The third-order valence-corrected chi connectivity index (χ3v) is 3.31. The number of aliphatic carboxylic acids is 1. The average Bonchev–Trinajstić information content (AvgIpc) is 2.36. The molecular formula is C16H19NO2. The molecule has 0 spiro atoms. The van der Waals surface area contributed by atoms with E-state index in [1.165, 1.54) is 16.3 Å². The highest BCUT2D eigenvalue weighted by atomic mass is 16.4. The fourth-order valence-corrected chi connectivity index (χ4v) is 2.47. The molecule has 2 rings (SSSR count). The smallest absolute Gasteiger partial charge is 0.304 e. The highest BCUT2D eigenvalue weighted by Gasteiger charge is 2.13. The topological polar surface area (TPSA) is 49.3 Å². The Kier molecular flexibility index (Phi) is 4.17. The van der Waals surface area contributed by atoms with Crippen LogP contribution in [0.4, 0.5) is 0 Å². The van der Waals surface area contributed by atoms with E-state index in [9.17, 15) is 4.79 Å². The fraction of sp³-hybridized carbons (Fsp3) is 0.312. The second-order valence-corrected chi connectivity index (χ2v) is 4.96. The maximum absolute atomic E-state index is 10.7. The van der Waals surface area contributed by atoms with Crippen molar-refractivity contribution in [2.24, 2.45) is 0 Å². The number of fused-ring (bicyclic) bond motifs is 1. The van der Waals surface area contributed by atoms with Crippen LogP contribution in [0.2, 0.25) is 0 Å². The summed E-state index contributed by atoms with van der Waals surface area (Å²) in [5.41, 5.74) is 1.20. The third-order valence-electron chi connectivity index (χ3n) is 3.31. The molecule has 2 atom stereocenters. The Bertz CT molecular complexity index is 574. The largest absolute Gasteiger partial charge is 0.481 e. The van der Waals surface area contributed by atoms with Gasteiger partial charge in [-0.2, -0.15) is 0 Å². The molecule has 0 amide bonds. The van der Waals surface area contributed by atoms with Crippen LogP contribution < -0.4 is 5.32 Å². The van der Waals surface area contributed by atoms with E-state index >= 15 is 0 Å². The molecule has 100 valence electrons. The summed E-state index contributed by atoms with van der Waals surface area (Å²) in [5, 5.41) is 14.6. The molecule has 0 saturated heterocycles. The van der Waals surface area contributed by atoms with E-state index in [0.717, 1.165) is 0 Å². The van der Waals surface area contributed by atoms with Gasteiger partial charge in [0.2, 0.25) is 0 Å². The van der Waals surface area contributed by atoms with Crippen molar-refractivity contribution in [3.05, 3.63) is 48.0 Å². The second-order valence-electron chi connectivity index (χ2n) is 4.96. The molecule has 0 heterocycles. The maximum Gasteiger partial charge on any atom is 0.304 e. The molecule has 0 radical (unpaired) electrons. The third kappa shape index (κ3) is 3.32. The summed E-state index contributed by atoms with van der Waals surface area (Å²) < 4.78 is 0. The van der Waals surface area contributed by atoms with Gasteiger partial charge in [-0.25, -0.2) is 0 Å². The van der Waals surface area contributed by atoms with Gasteiger partial charge < -0.3 is 10.4 Å². The summed E-state index contributed by atoms with van der Waals surface area (Å²) in [6, 6.07) is 14.5. The number of hydrogen-bond acceptors (Lipinski definition) is 2. The van der Waals surface area contributed by atoms with Crippen LogP contribution in [-0.4, -0.2) is 17.1 Å². The van der Waals surface area contributed by atoms with E-state index in [4.69, 9.17) is 5.11 Å². The number of hydrogen-bond donors (Lipinski definition) is 2. The minimum absolute atomic E-state index is 0.0496. The van der Waals surface area contributed by atoms with Crippen LogP contribution >= 0.6 is 0 Å². The van der Waals surface area contributed by atoms with E-state index < -0.39 is 5.97 Å². The predicted octanol–water partition coefficient (Wildman–Crippen LogP) is 3.35. The maximum atomic E-state index is 10.7. The standard InChI is InChI=1S/C16H19NO2/c1-11(10-16(18)19)17-12(2)14-9-5-7-13-6-3-4-8-15(13)14/h3-9,11-12,17H,10H2,1-2H3,(H,18,19)/t11-,12?/m1/s1. The molecule has 0 aliphatic heterocycles. The number of carbonyl (C=O) groups is 1. The normalized spacial score (nSPS) is 14.2. The van der Waals surface area contributed by atoms with Crippen LogP contribution in [0.3, 0.4) is 0 Å². The van der Waals surface area contributed by atoms with Crippen molar-refractivity contribution >= 4 is 16.7 Å². The summed E-state index contributed by atoms with van der Waals surface area (Å²) in [6.07, 6.45) is 0.134. The monoisotopic (exact) mass is 257 g/mol. The van der Waals surface area contributed by atoms with Gasteiger partial charge >= 0.3 is 5.97 Å². The molecule has 3 heteroatoms. The molecular weight excluding hydrogens is 238 g/mol. The van der Waals surface area contributed by atoms with Gasteiger partial charge in [0.15, 0.2) is 0 Å². The van der Waals surface area contributed by atoms with Crippen LogP contribution in [0.25, 0.3) is 10.8 Å². The average molecular weight is 257 g/mol. The van der Waals surface area contributed by atoms with Gasteiger partial charge in [-0.15, -0.1) is 0 Å². The number of rotatable bonds is 5. The Morgan fingerprint density at radius 3 is 2.58 bits per heavy atom. The quantitative estimate of drug-likeness (QED) is 0.863. The Morgan fingerprint density at radius 1 is 1.16 bits per heavy atom. The number of carboxylic acid groups (broad SMARTS) is 1. The van der Waals surface area contributed by atoms with Gasteiger partial charge in [0, 0.05) is 12.1 Å². The zero-order chi connectivity index (χ0) is 13.8. The molecule has 0 aliphatic rings. The molecule has 2 aromatic rings. The van der Waals surface area contributed by atoms with Crippen molar-refractivity contribution in [3.8, 4) is 0 Å². The second kappa shape index (κ2) is 5.85. The van der Waals surface area contributed by atoms with E-state index in [1.807, 2.05) is 25.1 Å². The Balaban J connectivity index is 2.21. The van der Waals surface area contributed by atoms with Gasteiger partial charge in [-0.3, -0.25) is 4.79 Å². The molecule has 0 bridgehead atoms. The minimum atomic E-state index is -0.773. The van der Waals surface area contributed by atoms with Crippen molar-refractivity contribution in [1.82, 2.24) is 5.32 Å². The molecule has 0 saturated carbocycles. The highest BCUT2D eigenvalue weighted by Crippen LogP contribution is 2.24. The van der Waals surface area contributed by atoms with Gasteiger partial charge in [0.1, 0.15) is 0 Å². The van der Waals surface area contributed by atoms with Crippen LogP contribution in [0, 0.1) is 0 Å². The van der Waals surface area contributed by atoms with Crippen LogP contribution in [0.5, 0.6) is 0 Å². The SMILES string of the molecule is CC(N[C@H](C)CC(=O)O)c1cccc2ccccc12. The van der Waals surface area contributed by atoms with Crippen molar-refractivity contribution in [2.45, 2.75) is 32.4 Å². The van der Waals surface area contributed by atoms with E-state index in [0.29, 0.717) is 0 Å². The molecule has 1 unspecified atom stereocenters. The van der Waals surface area contributed by atoms with Crippen molar-refractivity contribution in [2.75, 3.05) is 0 Å². The van der Waals surface area contributed by atoms with Crippen LogP contribution in [-0.2, 0) is 4.79 Å². The summed E-state index contributed by atoms with van der Waals surface area (Å²) in [7, 11) is 0. The van der Waals surface area contributed by atoms with Crippen LogP contribution in [0.1, 0.15) is 31.9 Å². The molecule has 3 nitrogen and oxygen atoms in total. The first kappa shape index (κ1) is 13.6. The molecule has 2 N–H and O–H groups in total. The first-order chi connectivity index (χ1) is 9.08. The lowest BCUT2D eigenvalue weighted by Gasteiger charge is -2.20. The lowest BCUT2D eigenvalue weighted by Crippen LogP contribution is -2.31.